The number of rotatable bonds is 5. The lowest BCUT2D eigenvalue weighted by Crippen LogP contribution is -2.64. The second-order valence-electron chi connectivity index (χ2n) is 5.74. The van der Waals surface area contributed by atoms with Gasteiger partial charge in [0.2, 0.25) is 0 Å². The van der Waals surface area contributed by atoms with Gasteiger partial charge >= 0.3 is 0 Å². The maximum absolute atomic E-state index is 11.1. The number of para-hydroxylation sites is 2. The number of anilines is 1. The summed E-state index contributed by atoms with van der Waals surface area (Å²) in [6.45, 7) is 2.76. The van der Waals surface area contributed by atoms with Crippen molar-refractivity contribution in [1.29, 1.82) is 0 Å². The van der Waals surface area contributed by atoms with Crippen molar-refractivity contribution in [2.45, 2.75) is 44.8 Å². The van der Waals surface area contributed by atoms with Gasteiger partial charge in [-0.25, -0.2) is 0 Å². The summed E-state index contributed by atoms with van der Waals surface area (Å²) in [4.78, 5) is 10.7. The zero-order valence-corrected chi connectivity index (χ0v) is 11.7. The molecular formula is C15H20N2O3. The van der Waals surface area contributed by atoms with E-state index in [9.17, 15) is 10.1 Å². The van der Waals surface area contributed by atoms with Gasteiger partial charge in [-0.15, -0.1) is 0 Å². The van der Waals surface area contributed by atoms with Gasteiger partial charge in [-0.2, -0.15) is 0 Å². The Kier molecular flexibility index (Phi) is 3.38. The van der Waals surface area contributed by atoms with Gasteiger partial charge in [-0.05, 0) is 32.3 Å². The predicted molar refractivity (Wildman–Crippen MR) is 76.8 cm³/mol. The maximum atomic E-state index is 11.1. The quantitative estimate of drug-likeness (QED) is 0.661. The fourth-order valence-electron chi connectivity index (χ4n) is 3.58. The zero-order chi connectivity index (χ0) is 14.2. The van der Waals surface area contributed by atoms with Crippen molar-refractivity contribution in [3.05, 3.63) is 34.4 Å². The van der Waals surface area contributed by atoms with Crippen LogP contribution in [0.25, 0.3) is 0 Å². The molecule has 5 heteroatoms. The molecule has 1 N–H and O–H groups in total. The lowest BCUT2D eigenvalue weighted by atomic mass is 9.51. The number of hydrogen-bond acceptors (Lipinski definition) is 4. The number of nitro benzene ring substituents is 1. The summed E-state index contributed by atoms with van der Waals surface area (Å²) in [5.41, 5.74) is 0.991. The monoisotopic (exact) mass is 276 g/mol. The van der Waals surface area contributed by atoms with Crippen LogP contribution < -0.4 is 5.32 Å². The Bertz CT molecular complexity index is 514. The molecule has 0 amide bonds. The summed E-state index contributed by atoms with van der Waals surface area (Å²) >= 11 is 0. The topological polar surface area (TPSA) is 64.4 Å². The van der Waals surface area contributed by atoms with Crippen molar-refractivity contribution < 1.29 is 9.66 Å². The molecule has 1 spiro atoms. The average molecular weight is 276 g/mol. The highest BCUT2D eigenvalue weighted by Gasteiger charge is 2.59. The van der Waals surface area contributed by atoms with E-state index in [2.05, 4.69) is 5.32 Å². The van der Waals surface area contributed by atoms with Crippen LogP contribution in [0.3, 0.4) is 0 Å². The van der Waals surface area contributed by atoms with E-state index in [1.165, 1.54) is 6.42 Å². The standard InChI is InChI=1S/C15H20N2O3/c1-2-20-14-10-13(15(14)8-5-9-15)16-11-6-3-4-7-12(11)17(18)19/h3-4,6-7,13-14,16H,2,5,8-10H2,1H3. The Morgan fingerprint density at radius 1 is 1.45 bits per heavy atom. The SMILES string of the molecule is CCOC1CC(Nc2ccccc2[N+](=O)[O-])C12CCC2. The van der Waals surface area contributed by atoms with E-state index in [0.717, 1.165) is 25.9 Å². The van der Waals surface area contributed by atoms with E-state index in [1.54, 1.807) is 18.2 Å². The van der Waals surface area contributed by atoms with Crippen LogP contribution >= 0.6 is 0 Å². The molecule has 3 rings (SSSR count). The predicted octanol–water partition coefficient (Wildman–Crippen LogP) is 3.35. The van der Waals surface area contributed by atoms with Gasteiger partial charge in [0.05, 0.1) is 11.0 Å². The molecule has 0 bridgehead atoms. The average Bonchev–Trinajstić information content (AvgIpc) is 2.35. The molecule has 2 unspecified atom stereocenters. The van der Waals surface area contributed by atoms with Crippen molar-refractivity contribution in [2.75, 3.05) is 11.9 Å². The summed E-state index contributed by atoms with van der Waals surface area (Å²) in [5, 5.41) is 14.4. The summed E-state index contributed by atoms with van der Waals surface area (Å²) in [7, 11) is 0. The molecule has 1 aromatic rings. The third kappa shape index (κ3) is 1.97. The Morgan fingerprint density at radius 3 is 2.80 bits per heavy atom. The van der Waals surface area contributed by atoms with E-state index in [-0.39, 0.29) is 16.0 Å². The second kappa shape index (κ2) is 5.05. The lowest BCUT2D eigenvalue weighted by Gasteiger charge is -2.61. The smallest absolute Gasteiger partial charge is 0.292 e. The number of benzene rings is 1. The first kappa shape index (κ1) is 13.4. The molecule has 0 aliphatic heterocycles. The van der Waals surface area contributed by atoms with Gasteiger partial charge in [0, 0.05) is 24.1 Å². The molecule has 2 atom stereocenters. The van der Waals surface area contributed by atoms with E-state index >= 15 is 0 Å². The molecule has 2 aliphatic carbocycles. The molecule has 20 heavy (non-hydrogen) atoms. The molecule has 2 saturated carbocycles. The second-order valence-corrected chi connectivity index (χ2v) is 5.74. The van der Waals surface area contributed by atoms with Crippen LogP contribution in [0.4, 0.5) is 11.4 Å². The third-order valence-electron chi connectivity index (χ3n) is 4.87. The Labute approximate surface area is 118 Å². The third-order valence-corrected chi connectivity index (χ3v) is 4.87. The van der Waals surface area contributed by atoms with Crippen LogP contribution in [0, 0.1) is 15.5 Å². The first-order chi connectivity index (χ1) is 9.67. The van der Waals surface area contributed by atoms with Gasteiger partial charge in [0.15, 0.2) is 0 Å². The van der Waals surface area contributed by atoms with Gasteiger partial charge in [-0.1, -0.05) is 18.6 Å². The number of hydrogen-bond donors (Lipinski definition) is 1. The lowest BCUT2D eigenvalue weighted by molar-refractivity contribution is -0.384. The fourth-order valence-corrected chi connectivity index (χ4v) is 3.58. The normalized spacial score (nSPS) is 26.6. The summed E-state index contributed by atoms with van der Waals surface area (Å²) in [6.07, 6.45) is 4.83. The molecule has 2 aliphatic rings. The van der Waals surface area contributed by atoms with E-state index in [1.807, 2.05) is 13.0 Å². The molecule has 2 fully saturated rings. The molecule has 0 saturated heterocycles. The maximum Gasteiger partial charge on any atom is 0.292 e. The molecule has 108 valence electrons. The van der Waals surface area contributed by atoms with Crippen LogP contribution in [0.2, 0.25) is 0 Å². The van der Waals surface area contributed by atoms with Crippen LogP contribution in [-0.2, 0) is 4.74 Å². The van der Waals surface area contributed by atoms with Gasteiger partial charge < -0.3 is 10.1 Å². The molecule has 0 radical (unpaired) electrons. The highest BCUT2D eigenvalue weighted by Crippen LogP contribution is 2.58. The van der Waals surface area contributed by atoms with Crippen molar-refractivity contribution in [3.63, 3.8) is 0 Å². The molecule has 5 nitrogen and oxygen atoms in total. The van der Waals surface area contributed by atoms with Crippen molar-refractivity contribution >= 4 is 11.4 Å². The van der Waals surface area contributed by atoms with E-state index < -0.39 is 0 Å². The van der Waals surface area contributed by atoms with Crippen LogP contribution in [0.5, 0.6) is 0 Å². The van der Waals surface area contributed by atoms with Gasteiger partial charge in [0.1, 0.15) is 5.69 Å². The van der Waals surface area contributed by atoms with Gasteiger partial charge in [0.25, 0.3) is 5.69 Å². The number of ether oxygens (including phenoxy) is 1. The molecule has 0 aromatic heterocycles. The first-order valence-electron chi connectivity index (χ1n) is 7.29. The molecular weight excluding hydrogens is 256 g/mol. The first-order valence-corrected chi connectivity index (χ1v) is 7.29. The number of nitro groups is 1. The van der Waals surface area contributed by atoms with Crippen molar-refractivity contribution in [2.24, 2.45) is 5.41 Å². The Morgan fingerprint density at radius 2 is 2.20 bits per heavy atom. The summed E-state index contributed by atoms with van der Waals surface area (Å²) < 4.78 is 5.81. The minimum absolute atomic E-state index is 0.154. The van der Waals surface area contributed by atoms with E-state index in [4.69, 9.17) is 4.74 Å². The fraction of sp³-hybridized carbons (Fsp3) is 0.600. The van der Waals surface area contributed by atoms with Crippen molar-refractivity contribution in [1.82, 2.24) is 0 Å². The number of nitrogens with one attached hydrogen (secondary N) is 1. The summed E-state index contributed by atoms with van der Waals surface area (Å²) in [5.74, 6) is 0. The minimum atomic E-state index is -0.325. The van der Waals surface area contributed by atoms with Crippen LogP contribution in [-0.4, -0.2) is 23.7 Å². The molecule has 0 heterocycles. The Balaban J connectivity index is 1.75. The van der Waals surface area contributed by atoms with Crippen LogP contribution in [0.1, 0.15) is 32.6 Å². The highest BCUT2D eigenvalue weighted by atomic mass is 16.6. The van der Waals surface area contributed by atoms with Gasteiger partial charge in [-0.3, -0.25) is 10.1 Å². The largest absolute Gasteiger partial charge is 0.378 e. The van der Waals surface area contributed by atoms with E-state index in [0.29, 0.717) is 17.8 Å². The molecule has 1 aromatic carbocycles. The van der Waals surface area contributed by atoms with Crippen molar-refractivity contribution in [3.8, 4) is 0 Å². The minimum Gasteiger partial charge on any atom is -0.378 e. The van der Waals surface area contributed by atoms with Crippen LogP contribution in [0.15, 0.2) is 24.3 Å². The Hall–Kier alpha value is -1.62. The summed E-state index contributed by atoms with van der Waals surface area (Å²) in [6, 6.07) is 7.18. The zero-order valence-electron chi connectivity index (χ0n) is 11.7. The number of nitrogens with zero attached hydrogens (tertiary/aromatic N) is 1. The highest BCUT2D eigenvalue weighted by molar-refractivity contribution is 5.62.